The topological polar surface area (TPSA) is 53.1 Å². The van der Waals surface area contributed by atoms with E-state index in [1.165, 1.54) is 10.9 Å². The fourth-order valence-electron chi connectivity index (χ4n) is 2.87. The van der Waals surface area contributed by atoms with Crippen molar-refractivity contribution in [1.29, 1.82) is 0 Å². The summed E-state index contributed by atoms with van der Waals surface area (Å²) in [5.41, 5.74) is 2.19. The molecule has 1 atom stereocenters. The number of rotatable bonds is 3. The molecule has 0 bridgehead atoms. The highest BCUT2D eigenvalue weighted by atomic mass is 16.5. The second kappa shape index (κ2) is 5.00. The predicted octanol–water partition coefficient (Wildman–Crippen LogP) is 3.22. The van der Waals surface area contributed by atoms with Crippen LogP contribution in [0.5, 0.6) is 0 Å². The molecule has 2 aromatic heterocycles. The zero-order chi connectivity index (χ0) is 14.2. The Balaban J connectivity index is 1.69. The van der Waals surface area contributed by atoms with Crippen molar-refractivity contribution in [2.75, 3.05) is 13.2 Å². The molecule has 5 nitrogen and oxygen atoms in total. The van der Waals surface area contributed by atoms with Gasteiger partial charge in [-0.3, -0.25) is 0 Å². The molecule has 0 amide bonds. The number of aromatic nitrogens is 3. The quantitative estimate of drug-likeness (QED) is 0.740. The smallest absolute Gasteiger partial charge is 0.257 e. The molecule has 1 aliphatic heterocycles. The number of ether oxygens (including phenoxy) is 1. The van der Waals surface area contributed by atoms with Gasteiger partial charge in [-0.15, -0.1) is 0 Å². The van der Waals surface area contributed by atoms with Crippen LogP contribution in [0.25, 0.3) is 22.4 Å². The molecule has 1 aromatic carbocycles. The number of hydrogen-bond donors (Lipinski definition) is 0. The largest absolute Gasteiger partial charge is 0.381 e. The van der Waals surface area contributed by atoms with Crippen molar-refractivity contribution in [2.24, 2.45) is 0 Å². The van der Waals surface area contributed by atoms with E-state index in [1.54, 1.807) is 0 Å². The van der Waals surface area contributed by atoms with Crippen molar-refractivity contribution in [2.45, 2.75) is 25.8 Å². The van der Waals surface area contributed by atoms with Crippen molar-refractivity contribution in [3.63, 3.8) is 0 Å². The summed E-state index contributed by atoms with van der Waals surface area (Å²) in [5.74, 6) is 1.61. The number of fused-ring (bicyclic) bond motifs is 1. The van der Waals surface area contributed by atoms with E-state index in [0.29, 0.717) is 12.5 Å². The van der Waals surface area contributed by atoms with Gasteiger partial charge in [0.2, 0.25) is 0 Å². The van der Waals surface area contributed by atoms with E-state index in [0.717, 1.165) is 31.0 Å². The lowest BCUT2D eigenvalue weighted by molar-refractivity contribution is 0.192. The molecular weight excluding hydrogens is 266 g/mol. The summed E-state index contributed by atoms with van der Waals surface area (Å²) in [5, 5.41) is 5.30. The maximum atomic E-state index is 5.42. The molecule has 0 spiro atoms. The second-order valence-electron chi connectivity index (χ2n) is 5.39. The van der Waals surface area contributed by atoms with E-state index in [2.05, 4.69) is 46.0 Å². The van der Waals surface area contributed by atoms with Gasteiger partial charge >= 0.3 is 0 Å². The third-order valence-corrected chi connectivity index (χ3v) is 4.10. The molecule has 0 saturated carbocycles. The maximum absolute atomic E-state index is 5.42. The first kappa shape index (κ1) is 12.6. The van der Waals surface area contributed by atoms with E-state index < -0.39 is 0 Å². The lowest BCUT2D eigenvalue weighted by Crippen LogP contribution is -1.99. The van der Waals surface area contributed by atoms with Crippen molar-refractivity contribution < 1.29 is 9.26 Å². The van der Waals surface area contributed by atoms with Crippen LogP contribution in [0.1, 0.15) is 25.1 Å². The average molecular weight is 283 g/mol. The molecule has 3 heterocycles. The van der Waals surface area contributed by atoms with Crippen LogP contribution >= 0.6 is 0 Å². The Morgan fingerprint density at radius 3 is 3.10 bits per heavy atom. The van der Waals surface area contributed by atoms with Gasteiger partial charge in [0.15, 0.2) is 5.82 Å². The Morgan fingerprint density at radius 1 is 1.33 bits per heavy atom. The molecule has 1 unspecified atom stereocenters. The first-order valence-corrected chi connectivity index (χ1v) is 7.36. The van der Waals surface area contributed by atoms with Crippen LogP contribution in [0.15, 0.2) is 35.0 Å². The Bertz CT molecular complexity index is 769. The monoisotopic (exact) mass is 283 g/mol. The molecule has 1 aliphatic rings. The highest BCUT2D eigenvalue weighted by Gasteiger charge is 2.23. The van der Waals surface area contributed by atoms with Gasteiger partial charge in [-0.05, 0) is 37.6 Å². The summed E-state index contributed by atoms with van der Waals surface area (Å²) < 4.78 is 13.0. The molecule has 108 valence electrons. The van der Waals surface area contributed by atoms with Gasteiger partial charge < -0.3 is 13.8 Å². The zero-order valence-electron chi connectivity index (χ0n) is 12.0. The fraction of sp³-hybridized carbons (Fsp3) is 0.375. The standard InChI is InChI=1S/C16H17N3O2/c1-2-19-7-5-11-9-12(3-4-14(11)19)16-17-15(18-21-16)13-6-8-20-10-13/h3-5,7,9,13H,2,6,8,10H2,1H3. The van der Waals surface area contributed by atoms with Gasteiger partial charge in [0.1, 0.15) is 0 Å². The fourth-order valence-corrected chi connectivity index (χ4v) is 2.87. The van der Waals surface area contributed by atoms with Gasteiger partial charge in [0, 0.05) is 41.7 Å². The van der Waals surface area contributed by atoms with Gasteiger partial charge in [-0.25, -0.2) is 0 Å². The predicted molar refractivity (Wildman–Crippen MR) is 79.1 cm³/mol. The van der Waals surface area contributed by atoms with Crippen LogP contribution in [-0.4, -0.2) is 27.9 Å². The maximum Gasteiger partial charge on any atom is 0.257 e. The van der Waals surface area contributed by atoms with Gasteiger partial charge in [0.25, 0.3) is 5.89 Å². The molecule has 1 fully saturated rings. The summed E-state index contributed by atoms with van der Waals surface area (Å²) in [4.78, 5) is 4.53. The van der Waals surface area contributed by atoms with Crippen LogP contribution in [0.4, 0.5) is 0 Å². The van der Waals surface area contributed by atoms with Crippen LogP contribution < -0.4 is 0 Å². The molecule has 3 aromatic rings. The first-order valence-electron chi connectivity index (χ1n) is 7.36. The third-order valence-electron chi connectivity index (χ3n) is 4.10. The van der Waals surface area contributed by atoms with Crippen LogP contribution in [0, 0.1) is 0 Å². The van der Waals surface area contributed by atoms with E-state index in [4.69, 9.17) is 9.26 Å². The highest BCUT2D eigenvalue weighted by molar-refractivity contribution is 5.84. The molecule has 21 heavy (non-hydrogen) atoms. The van der Waals surface area contributed by atoms with E-state index in [-0.39, 0.29) is 5.92 Å². The summed E-state index contributed by atoms with van der Waals surface area (Å²) in [6, 6.07) is 8.36. The lowest BCUT2D eigenvalue weighted by atomic mass is 10.1. The zero-order valence-corrected chi connectivity index (χ0v) is 12.0. The van der Waals surface area contributed by atoms with Crippen molar-refractivity contribution >= 4 is 10.9 Å². The number of hydrogen-bond acceptors (Lipinski definition) is 4. The molecule has 4 rings (SSSR count). The second-order valence-corrected chi connectivity index (χ2v) is 5.39. The van der Waals surface area contributed by atoms with Gasteiger partial charge in [0.05, 0.1) is 6.61 Å². The van der Waals surface area contributed by atoms with E-state index in [9.17, 15) is 0 Å². The van der Waals surface area contributed by atoms with Crippen LogP contribution in [0.2, 0.25) is 0 Å². The van der Waals surface area contributed by atoms with Crippen LogP contribution in [-0.2, 0) is 11.3 Å². The van der Waals surface area contributed by atoms with Crippen molar-refractivity contribution in [3.8, 4) is 11.5 Å². The Morgan fingerprint density at radius 2 is 2.29 bits per heavy atom. The SMILES string of the molecule is CCn1ccc2cc(-c3nc(C4CCOC4)no3)ccc21. The van der Waals surface area contributed by atoms with Gasteiger partial charge in [-0.1, -0.05) is 5.16 Å². The summed E-state index contributed by atoms with van der Waals surface area (Å²) in [6.07, 6.45) is 3.07. The van der Waals surface area contributed by atoms with E-state index >= 15 is 0 Å². The average Bonchev–Trinajstić information content (AvgIpc) is 3.25. The van der Waals surface area contributed by atoms with Crippen molar-refractivity contribution in [3.05, 3.63) is 36.3 Å². The Kier molecular flexibility index (Phi) is 3.00. The minimum absolute atomic E-state index is 0.271. The minimum atomic E-state index is 0.271. The summed E-state index contributed by atoms with van der Waals surface area (Å²) >= 11 is 0. The minimum Gasteiger partial charge on any atom is -0.381 e. The number of aryl methyl sites for hydroxylation is 1. The molecule has 0 radical (unpaired) electrons. The highest BCUT2D eigenvalue weighted by Crippen LogP contribution is 2.27. The normalized spacial score (nSPS) is 18.6. The first-order chi connectivity index (χ1) is 10.3. The van der Waals surface area contributed by atoms with Crippen molar-refractivity contribution in [1.82, 2.24) is 14.7 Å². The van der Waals surface area contributed by atoms with E-state index in [1.807, 2.05) is 6.07 Å². The number of benzene rings is 1. The third kappa shape index (κ3) is 2.14. The van der Waals surface area contributed by atoms with Gasteiger partial charge in [-0.2, -0.15) is 4.98 Å². The summed E-state index contributed by atoms with van der Waals surface area (Å²) in [6.45, 7) is 4.58. The molecule has 5 heteroatoms. The molecule has 1 saturated heterocycles. The van der Waals surface area contributed by atoms with Crippen LogP contribution in [0.3, 0.4) is 0 Å². The number of nitrogens with zero attached hydrogens (tertiary/aromatic N) is 3. The summed E-state index contributed by atoms with van der Waals surface area (Å²) in [7, 11) is 0. The molecule has 0 aliphatic carbocycles. The molecule has 0 N–H and O–H groups in total. The Hall–Kier alpha value is -2.14. The Labute approximate surface area is 122 Å². The lowest BCUT2D eigenvalue weighted by Gasteiger charge is -2.01. The molecular formula is C16H17N3O2.